The van der Waals surface area contributed by atoms with Crippen LogP contribution < -0.4 is 0 Å². The molecule has 2 bridgehead atoms. The Hall–Kier alpha value is 0.0700. The van der Waals surface area contributed by atoms with Crippen molar-refractivity contribution in [2.24, 2.45) is 0 Å². The van der Waals surface area contributed by atoms with Gasteiger partial charge in [0.25, 0.3) is 0 Å². The maximum atomic E-state index is 4.69. The van der Waals surface area contributed by atoms with Gasteiger partial charge in [0.1, 0.15) is 5.01 Å². The third-order valence-corrected chi connectivity index (χ3v) is 6.02. The van der Waals surface area contributed by atoms with Crippen LogP contribution in [0.3, 0.4) is 0 Å². The van der Waals surface area contributed by atoms with E-state index in [-0.39, 0.29) is 0 Å². The maximum absolute atomic E-state index is 4.69. The number of halogens is 1. The predicted octanol–water partition coefficient (Wildman–Crippen LogP) is 3.65. The molecule has 0 amide bonds. The number of thiazole rings is 1. The number of rotatable bonds is 2. The van der Waals surface area contributed by atoms with E-state index >= 15 is 0 Å². The molecule has 0 aliphatic carbocycles. The van der Waals surface area contributed by atoms with Crippen LogP contribution >= 0.6 is 27.3 Å². The van der Waals surface area contributed by atoms with Gasteiger partial charge in [-0.15, -0.1) is 11.3 Å². The number of aryl methyl sites for hydroxylation is 2. The van der Waals surface area contributed by atoms with Crippen molar-refractivity contribution in [1.29, 1.82) is 0 Å². The van der Waals surface area contributed by atoms with E-state index in [2.05, 4.69) is 39.7 Å². The van der Waals surface area contributed by atoms with Gasteiger partial charge in [-0.1, -0.05) is 15.9 Å². The van der Waals surface area contributed by atoms with Crippen molar-refractivity contribution >= 4 is 27.3 Å². The fourth-order valence-electron chi connectivity index (χ4n) is 3.23. The monoisotopic (exact) mass is 314 g/mol. The molecular formula is C13H19BrN2S. The van der Waals surface area contributed by atoms with Crippen LogP contribution in [-0.4, -0.2) is 26.8 Å². The van der Waals surface area contributed by atoms with Gasteiger partial charge in [-0.05, 0) is 39.5 Å². The van der Waals surface area contributed by atoms with Crippen molar-refractivity contribution in [3.05, 3.63) is 15.6 Å². The highest BCUT2D eigenvalue weighted by Crippen LogP contribution is 2.39. The summed E-state index contributed by atoms with van der Waals surface area (Å²) in [6.07, 6.45) is 5.41. The van der Waals surface area contributed by atoms with Crippen molar-refractivity contribution < 1.29 is 0 Å². The minimum absolute atomic E-state index is 0.746. The summed E-state index contributed by atoms with van der Waals surface area (Å²) in [6, 6.07) is 1.59. The topological polar surface area (TPSA) is 16.1 Å². The Kier molecular flexibility index (Phi) is 3.30. The molecule has 2 unspecified atom stereocenters. The highest BCUT2D eigenvalue weighted by Gasteiger charge is 2.39. The lowest BCUT2D eigenvalue weighted by Crippen LogP contribution is -2.42. The molecule has 2 nitrogen and oxygen atoms in total. The average molecular weight is 315 g/mol. The lowest BCUT2D eigenvalue weighted by molar-refractivity contribution is 0.137. The summed E-state index contributed by atoms with van der Waals surface area (Å²) in [6.45, 7) is 5.37. The minimum atomic E-state index is 0.746. The van der Waals surface area contributed by atoms with Gasteiger partial charge >= 0.3 is 0 Å². The van der Waals surface area contributed by atoms with Crippen LogP contribution in [0.25, 0.3) is 0 Å². The lowest BCUT2D eigenvalue weighted by atomic mass is 10.0. The molecule has 2 aliphatic rings. The average Bonchev–Trinajstić information content (AvgIpc) is 2.70. The zero-order valence-corrected chi connectivity index (χ0v) is 12.9. The van der Waals surface area contributed by atoms with Crippen LogP contribution in [0.15, 0.2) is 0 Å². The molecule has 0 saturated carbocycles. The second-order valence-electron chi connectivity index (χ2n) is 5.38. The third kappa shape index (κ3) is 2.32. The van der Waals surface area contributed by atoms with E-state index in [0.29, 0.717) is 0 Å². The smallest absolute Gasteiger partial charge is 0.107 e. The van der Waals surface area contributed by atoms with Crippen LogP contribution in [0.4, 0.5) is 0 Å². The predicted molar refractivity (Wildman–Crippen MR) is 75.9 cm³/mol. The summed E-state index contributed by atoms with van der Waals surface area (Å²) in [5, 5.41) is 1.31. The molecule has 3 rings (SSSR count). The van der Waals surface area contributed by atoms with Crippen molar-refractivity contribution in [2.75, 3.05) is 0 Å². The molecular weight excluding hydrogens is 296 g/mol. The van der Waals surface area contributed by atoms with Crippen molar-refractivity contribution in [3.8, 4) is 0 Å². The molecule has 1 aromatic heterocycles. The Balaban J connectivity index is 1.74. The molecule has 0 spiro atoms. The van der Waals surface area contributed by atoms with Crippen molar-refractivity contribution in [2.45, 2.75) is 63.0 Å². The Morgan fingerprint density at radius 3 is 2.47 bits per heavy atom. The fraction of sp³-hybridized carbons (Fsp3) is 0.769. The van der Waals surface area contributed by atoms with Crippen LogP contribution in [0.5, 0.6) is 0 Å². The number of aromatic nitrogens is 1. The molecule has 0 aromatic carbocycles. The normalized spacial score (nSPS) is 33.2. The summed E-state index contributed by atoms with van der Waals surface area (Å²) in [4.78, 5) is 9.51. The number of hydrogen-bond donors (Lipinski definition) is 0. The van der Waals surface area contributed by atoms with E-state index in [1.165, 1.54) is 41.3 Å². The first-order valence-electron chi connectivity index (χ1n) is 6.46. The third-order valence-electron chi connectivity index (χ3n) is 4.22. The van der Waals surface area contributed by atoms with Crippen molar-refractivity contribution in [3.63, 3.8) is 0 Å². The highest BCUT2D eigenvalue weighted by atomic mass is 79.9. The standard InChI is InChI=1S/C13H19BrN2S/c1-8-9(2)17-13(15-8)7-16-11-3-4-12(16)6-10(14)5-11/h10-12H,3-7H2,1-2H3. The molecule has 2 atom stereocenters. The van der Waals surface area contributed by atoms with Crippen LogP contribution in [0.1, 0.15) is 41.3 Å². The summed E-state index contributed by atoms with van der Waals surface area (Å²) in [5.74, 6) is 0. The van der Waals surface area contributed by atoms with E-state index in [4.69, 9.17) is 0 Å². The molecule has 3 heterocycles. The number of nitrogens with zero attached hydrogens (tertiary/aromatic N) is 2. The van der Waals surface area contributed by atoms with E-state index in [1.54, 1.807) is 0 Å². The number of hydrogen-bond acceptors (Lipinski definition) is 3. The van der Waals surface area contributed by atoms with Gasteiger partial charge in [-0.2, -0.15) is 0 Å². The van der Waals surface area contributed by atoms with Crippen LogP contribution in [-0.2, 0) is 6.54 Å². The number of alkyl halides is 1. The number of fused-ring (bicyclic) bond motifs is 2. The van der Waals surface area contributed by atoms with Gasteiger partial charge in [0.2, 0.25) is 0 Å². The fourth-order valence-corrected chi connectivity index (χ4v) is 5.03. The van der Waals surface area contributed by atoms with Gasteiger partial charge in [0.05, 0.1) is 12.2 Å². The second kappa shape index (κ2) is 4.63. The highest BCUT2D eigenvalue weighted by molar-refractivity contribution is 9.09. The number of piperidine rings is 1. The first-order valence-corrected chi connectivity index (χ1v) is 8.19. The quantitative estimate of drug-likeness (QED) is 0.775. The largest absolute Gasteiger partial charge is 0.291 e. The maximum Gasteiger partial charge on any atom is 0.107 e. The molecule has 1 aromatic rings. The second-order valence-corrected chi connectivity index (χ2v) is 7.96. The molecule has 0 N–H and O–H groups in total. The van der Waals surface area contributed by atoms with E-state index < -0.39 is 0 Å². The van der Waals surface area contributed by atoms with Crippen LogP contribution in [0.2, 0.25) is 0 Å². The van der Waals surface area contributed by atoms with Gasteiger partial charge < -0.3 is 0 Å². The minimum Gasteiger partial charge on any atom is -0.291 e. The SMILES string of the molecule is Cc1nc(CN2C3CCC2CC(Br)C3)sc1C. The first-order chi connectivity index (χ1) is 8.13. The summed E-state index contributed by atoms with van der Waals surface area (Å²) in [7, 11) is 0. The molecule has 0 radical (unpaired) electrons. The molecule has 4 heteroatoms. The van der Waals surface area contributed by atoms with Gasteiger partial charge in [-0.3, -0.25) is 4.90 Å². The summed E-state index contributed by atoms with van der Waals surface area (Å²) in [5.41, 5.74) is 1.22. The Labute approximate surface area is 116 Å². The zero-order valence-electron chi connectivity index (χ0n) is 10.4. The Morgan fingerprint density at radius 2 is 1.94 bits per heavy atom. The Morgan fingerprint density at radius 1 is 1.29 bits per heavy atom. The molecule has 17 heavy (non-hydrogen) atoms. The summed E-state index contributed by atoms with van der Waals surface area (Å²) < 4.78 is 0. The van der Waals surface area contributed by atoms with E-state index in [9.17, 15) is 0 Å². The molecule has 2 saturated heterocycles. The lowest BCUT2D eigenvalue weighted by Gasteiger charge is -2.36. The van der Waals surface area contributed by atoms with Gasteiger partial charge in [-0.25, -0.2) is 4.98 Å². The van der Waals surface area contributed by atoms with Gasteiger partial charge in [0.15, 0.2) is 0 Å². The molecule has 2 aliphatic heterocycles. The molecule has 94 valence electrons. The van der Waals surface area contributed by atoms with E-state index in [0.717, 1.165) is 23.5 Å². The van der Waals surface area contributed by atoms with Crippen molar-refractivity contribution in [1.82, 2.24) is 9.88 Å². The summed E-state index contributed by atoms with van der Waals surface area (Å²) >= 11 is 5.67. The van der Waals surface area contributed by atoms with E-state index in [1.807, 2.05) is 11.3 Å². The Bertz CT molecular complexity index is 384. The zero-order chi connectivity index (χ0) is 12.0. The first kappa shape index (κ1) is 12.1. The molecule has 2 fully saturated rings. The van der Waals surface area contributed by atoms with Crippen LogP contribution in [0, 0.1) is 13.8 Å². The van der Waals surface area contributed by atoms with Gasteiger partial charge in [0, 0.05) is 21.8 Å².